The fourth-order valence-corrected chi connectivity index (χ4v) is 3.62. The molecule has 0 radical (unpaired) electrons. The first-order valence-electron chi connectivity index (χ1n) is 7.96. The first-order valence-corrected chi connectivity index (χ1v) is 7.96. The predicted molar refractivity (Wildman–Crippen MR) is 87.4 cm³/mol. The summed E-state index contributed by atoms with van der Waals surface area (Å²) in [5.41, 5.74) is 0.667. The predicted octanol–water partition coefficient (Wildman–Crippen LogP) is 3.32. The van der Waals surface area contributed by atoms with Crippen molar-refractivity contribution >= 4 is 0 Å². The third kappa shape index (κ3) is 3.69. The zero-order chi connectivity index (χ0) is 16.4. The summed E-state index contributed by atoms with van der Waals surface area (Å²) in [4.78, 5) is 6.28. The maximum atomic E-state index is 9.77. The molecule has 1 aliphatic rings. The van der Waals surface area contributed by atoms with Crippen molar-refractivity contribution in [3.8, 4) is 0 Å². The first kappa shape index (κ1) is 17.4. The lowest BCUT2D eigenvalue weighted by molar-refractivity contribution is -0.321. The molecule has 4 heteroatoms. The third-order valence-corrected chi connectivity index (χ3v) is 4.46. The second kappa shape index (κ2) is 6.67. The zero-order valence-corrected chi connectivity index (χ0v) is 14.4. The quantitative estimate of drug-likeness (QED) is 0.906. The molecule has 4 nitrogen and oxygen atoms in total. The van der Waals surface area contributed by atoms with Crippen LogP contribution in [0.5, 0.6) is 0 Å². The minimum Gasteiger partial charge on any atom is -0.393 e. The Kier molecular flexibility index (Phi) is 5.28. The topological polar surface area (TPSA) is 41.9 Å². The van der Waals surface area contributed by atoms with E-state index in [1.54, 1.807) is 7.11 Å². The van der Waals surface area contributed by atoms with Crippen molar-refractivity contribution in [2.24, 2.45) is 0 Å². The van der Waals surface area contributed by atoms with E-state index in [4.69, 9.17) is 9.57 Å². The molecule has 1 fully saturated rings. The number of ether oxygens (including phenoxy) is 1. The molecule has 0 saturated carbocycles. The summed E-state index contributed by atoms with van der Waals surface area (Å²) in [6.07, 6.45) is 1.69. The van der Waals surface area contributed by atoms with E-state index in [0.29, 0.717) is 0 Å². The molecule has 124 valence electrons. The second-order valence-electron chi connectivity index (χ2n) is 7.37. The van der Waals surface area contributed by atoms with Gasteiger partial charge in [0.15, 0.2) is 0 Å². The number of benzene rings is 1. The van der Waals surface area contributed by atoms with Crippen LogP contribution in [0.4, 0.5) is 0 Å². The van der Waals surface area contributed by atoms with Crippen molar-refractivity contribution in [3.63, 3.8) is 0 Å². The fourth-order valence-electron chi connectivity index (χ4n) is 3.62. The molecule has 0 spiro atoms. The van der Waals surface area contributed by atoms with Crippen LogP contribution in [0.25, 0.3) is 0 Å². The molecule has 1 aliphatic heterocycles. The molecule has 0 bridgehead atoms. The van der Waals surface area contributed by atoms with Crippen LogP contribution in [0.3, 0.4) is 0 Å². The summed E-state index contributed by atoms with van der Waals surface area (Å²) >= 11 is 0. The number of nitrogens with zero attached hydrogens (tertiary/aromatic N) is 1. The lowest BCUT2D eigenvalue weighted by Crippen LogP contribution is -2.62. The normalized spacial score (nSPS) is 23.4. The molecule has 0 aromatic heterocycles. The van der Waals surface area contributed by atoms with Gasteiger partial charge in [-0.05, 0) is 46.1 Å². The van der Waals surface area contributed by atoms with E-state index in [-0.39, 0.29) is 29.9 Å². The van der Waals surface area contributed by atoms with Crippen LogP contribution in [0.1, 0.15) is 52.2 Å². The Balaban J connectivity index is 2.22. The Bertz CT molecular complexity index is 454. The number of hydrogen-bond donors (Lipinski definition) is 1. The molecule has 1 N–H and O–H groups in total. The smallest absolute Gasteiger partial charge is 0.127 e. The molecular formula is C18H29NO3. The van der Waals surface area contributed by atoms with Crippen LogP contribution >= 0.6 is 0 Å². The van der Waals surface area contributed by atoms with Gasteiger partial charge in [-0.25, -0.2) is 0 Å². The zero-order valence-electron chi connectivity index (χ0n) is 14.4. The maximum absolute atomic E-state index is 9.77. The average Bonchev–Trinajstić information content (AvgIpc) is 2.46. The van der Waals surface area contributed by atoms with Gasteiger partial charge in [0, 0.05) is 18.2 Å². The van der Waals surface area contributed by atoms with Crippen LogP contribution in [0.2, 0.25) is 0 Å². The van der Waals surface area contributed by atoms with Gasteiger partial charge in [0.1, 0.15) is 6.10 Å². The number of methoxy groups -OCH3 is 1. The second-order valence-corrected chi connectivity index (χ2v) is 7.37. The van der Waals surface area contributed by atoms with Gasteiger partial charge in [0.05, 0.1) is 12.7 Å². The van der Waals surface area contributed by atoms with Crippen LogP contribution in [0.15, 0.2) is 30.3 Å². The van der Waals surface area contributed by atoms with Crippen molar-refractivity contribution in [1.29, 1.82) is 0 Å². The molecule has 1 unspecified atom stereocenters. The standard InChI is InChI=1S/C18H29NO3/c1-17(2)11-15(21-5)12-18(3,4)19(17)22-16(13-20)14-9-7-6-8-10-14/h6-10,15-16,20H,11-13H2,1-5H3. The lowest BCUT2D eigenvalue weighted by atomic mass is 9.80. The van der Waals surface area contributed by atoms with E-state index in [9.17, 15) is 5.11 Å². The monoisotopic (exact) mass is 307 g/mol. The number of piperidine rings is 1. The van der Waals surface area contributed by atoms with E-state index in [2.05, 4.69) is 32.8 Å². The van der Waals surface area contributed by atoms with Crippen LogP contribution in [-0.2, 0) is 9.57 Å². The Morgan fingerprint density at radius 1 is 1.14 bits per heavy atom. The van der Waals surface area contributed by atoms with Crippen molar-refractivity contribution < 1.29 is 14.7 Å². The highest BCUT2D eigenvalue weighted by atomic mass is 16.7. The lowest BCUT2D eigenvalue weighted by Gasteiger charge is -2.54. The summed E-state index contributed by atoms with van der Waals surface area (Å²) in [5, 5.41) is 11.8. The van der Waals surface area contributed by atoms with E-state index in [1.165, 1.54) is 0 Å². The van der Waals surface area contributed by atoms with Gasteiger partial charge in [-0.1, -0.05) is 30.3 Å². The van der Waals surface area contributed by atoms with Crippen LogP contribution < -0.4 is 0 Å². The minimum absolute atomic E-state index is 0.0413. The average molecular weight is 307 g/mol. The molecule has 2 rings (SSSR count). The van der Waals surface area contributed by atoms with Gasteiger partial charge in [0.2, 0.25) is 0 Å². The number of hydroxylamine groups is 2. The summed E-state index contributed by atoms with van der Waals surface area (Å²) in [7, 11) is 1.77. The van der Waals surface area contributed by atoms with E-state index in [0.717, 1.165) is 18.4 Å². The van der Waals surface area contributed by atoms with Gasteiger partial charge < -0.3 is 9.84 Å². The Morgan fingerprint density at radius 3 is 2.14 bits per heavy atom. The molecule has 1 saturated heterocycles. The minimum atomic E-state index is -0.348. The number of rotatable bonds is 5. The van der Waals surface area contributed by atoms with Gasteiger partial charge in [-0.2, -0.15) is 5.06 Å². The highest BCUT2D eigenvalue weighted by Gasteiger charge is 2.47. The molecule has 1 heterocycles. The summed E-state index contributed by atoms with van der Waals surface area (Å²) in [6, 6.07) is 9.88. The van der Waals surface area contributed by atoms with Gasteiger partial charge in [-0.3, -0.25) is 4.84 Å². The molecule has 0 aliphatic carbocycles. The number of aliphatic hydroxyl groups is 1. The highest BCUT2D eigenvalue weighted by Crippen LogP contribution is 2.41. The summed E-state index contributed by atoms with van der Waals surface area (Å²) in [6.45, 7) is 8.62. The highest BCUT2D eigenvalue weighted by molar-refractivity contribution is 5.17. The Hall–Kier alpha value is -0.940. The van der Waals surface area contributed by atoms with E-state index >= 15 is 0 Å². The third-order valence-electron chi connectivity index (χ3n) is 4.46. The molecule has 1 aromatic carbocycles. The van der Waals surface area contributed by atoms with Crippen molar-refractivity contribution in [2.45, 2.75) is 63.8 Å². The van der Waals surface area contributed by atoms with Crippen molar-refractivity contribution in [3.05, 3.63) is 35.9 Å². The fraction of sp³-hybridized carbons (Fsp3) is 0.667. The van der Waals surface area contributed by atoms with Gasteiger partial charge >= 0.3 is 0 Å². The van der Waals surface area contributed by atoms with Crippen LogP contribution in [-0.4, -0.2) is 41.1 Å². The summed E-state index contributed by atoms with van der Waals surface area (Å²) < 4.78 is 5.60. The first-order chi connectivity index (χ1) is 10.3. The Labute approximate surface area is 134 Å². The summed E-state index contributed by atoms with van der Waals surface area (Å²) in [5.74, 6) is 0. The van der Waals surface area contributed by atoms with E-state index in [1.807, 2.05) is 30.3 Å². The molecular weight excluding hydrogens is 278 g/mol. The number of hydrogen-bond acceptors (Lipinski definition) is 4. The van der Waals surface area contributed by atoms with Crippen molar-refractivity contribution in [2.75, 3.05) is 13.7 Å². The van der Waals surface area contributed by atoms with E-state index < -0.39 is 0 Å². The van der Waals surface area contributed by atoms with Gasteiger partial charge in [0.25, 0.3) is 0 Å². The molecule has 0 amide bonds. The molecule has 1 atom stereocenters. The SMILES string of the molecule is COC1CC(C)(C)N(OC(CO)c2ccccc2)C(C)(C)C1. The number of aliphatic hydroxyl groups excluding tert-OH is 1. The molecule has 22 heavy (non-hydrogen) atoms. The maximum Gasteiger partial charge on any atom is 0.127 e. The largest absolute Gasteiger partial charge is 0.393 e. The Morgan fingerprint density at radius 2 is 1.68 bits per heavy atom. The van der Waals surface area contributed by atoms with Crippen LogP contribution in [0, 0.1) is 0 Å². The van der Waals surface area contributed by atoms with Gasteiger partial charge in [-0.15, -0.1) is 0 Å². The molecule has 1 aromatic rings. The van der Waals surface area contributed by atoms with Crippen molar-refractivity contribution in [1.82, 2.24) is 5.06 Å².